The highest BCUT2D eigenvalue weighted by molar-refractivity contribution is 7.92. The maximum absolute atomic E-state index is 11.2. The summed E-state index contributed by atoms with van der Waals surface area (Å²) in [5.74, 6) is 6.95. The largest absolute Gasteiger partial charge is 0.284 e. The van der Waals surface area contributed by atoms with Gasteiger partial charge < -0.3 is 0 Å². The monoisotopic (exact) mass is 353 g/mol. The van der Waals surface area contributed by atoms with Crippen molar-refractivity contribution < 1.29 is 8.42 Å². The highest BCUT2D eigenvalue weighted by Gasteiger charge is 2.33. The number of sulfonamides is 1. The summed E-state index contributed by atoms with van der Waals surface area (Å²) >= 11 is 0. The van der Waals surface area contributed by atoms with E-state index < -0.39 is 10.0 Å². The first-order valence-electron chi connectivity index (χ1n) is 7.81. The molecule has 3 rings (SSSR count). The van der Waals surface area contributed by atoms with E-state index in [-0.39, 0.29) is 5.41 Å². The van der Waals surface area contributed by atoms with E-state index in [9.17, 15) is 8.42 Å². The van der Waals surface area contributed by atoms with Gasteiger partial charge in [0.1, 0.15) is 0 Å². The summed E-state index contributed by atoms with van der Waals surface area (Å²) in [6, 6.07) is 8.96. The Labute approximate surface area is 148 Å². The Morgan fingerprint density at radius 2 is 1.72 bits per heavy atom. The molecular weight excluding hydrogens is 334 g/mol. The molecule has 0 amide bonds. The Hall–Kier alpha value is -2.65. The zero-order chi connectivity index (χ0) is 18.2. The highest BCUT2D eigenvalue weighted by atomic mass is 32.2. The second-order valence-corrected chi connectivity index (χ2v) is 8.37. The minimum Gasteiger partial charge on any atom is -0.284 e. The van der Waals surface area contributed by atoms with E-state index in [2.05, 4.69) is 40.4 Å². The molecule has 1 aromatic carbocycles. The summed E-state index contributed by atoms with van der Waals surface area (Å²) < 4.78 is 24.8. The molecule has 128 valence electrons. The van der Waals surface area contributed by atoms with E-state index in [4.69, 9.17) is 0 Å². The maximum Gasteiger partial charge on any atom is 0.229 e. The Morgan fingerprint density at radius 1 is 1.08 bits per heavy atom. The molecule has 5 nitrogen and oxygen atoms in total. The fraction of sp³-hybridized carbons (Fsp3) is 0.263. The molecule has 6 heteroatoms. The van der Waals surface area contributed by atoms with Gasteiger partial charge in [0.25, 0.3) is 0 Å². The number of aromatic nitrogens is 1. The van der Waals surface area contributed by atoms with Crippen molar-refractivity contribution >= 4 is 27.2 Å². The van der Waals surface area contributed by atoms with Gasteiger partial charge >= 0.3 is 0 Å². The maximum atomic E-state index is 11.2. The van der Waals surface area contributed by atoms with Gasteiger partial charge in [-0.05, 0) is 37.3 Å². The molecule has 1 aliphatic rings. The Morgan fingerprint density at radius 3 is 2.36 bits per heavy atom. The van der Waals surface area contributed by atoms with Crippen LogP contribution in [0, 0.1) is 11.8 Å². The van der Waals surface area contributed by atoms with Crippen molar-refractivity contribution in [3.05, 3.63) is 53.2 Å². The lowest BCUT2D eigenvalue weighted by molar-refractivity contribution is 0.607. The van der Waals surface area contributed by atoms with Crippen LogP contribution in [-0.4, -0.2) is 25.4 Å². The number of nitrogens with one attached hydrogen (secondary N) is 1. The quantitative estimate of drug-likeness (QED) is 0.843. The summed E-state index contributed by atoms with van der Waals surface area (Å²) in [6.07, 6.45) is 2.85. The van der Waals surface area contributed by atoms with Crippen molar-refractivity contribution in [3.8, 4) is 11.8 Å². The van der Waals surface area contributed by atoms with Gasteiger partial charge in [0.2, 0.25) is 10.0 Å². The van der Waals surface area contributed by atoms with Crippen LogP contribution >= 0.6 is 0 Å². The third-order valence-corrected chi connectivity index (χ3v) is 4.86. The lowest BCUT2D eigenvalue weighted by Crippen LogP contribution is -2.22. The number of fused-ring (bicyclic) bond motifs is 1. The van der Waals surface area contributed by atoms with Crippen molar-refractivity contribution in [2.24, 2.45) is 4.99 Å². The van der Waals surface area contributed by atoms with E-state index in [1.807, 2.05) is 13.0 Å². The minimum atomic E-state index is -3.27. The highest BCUT2D eigenvalue weighted by Crippen LogP contribution is 2.38. The number of rotatable bonds is 2. The smallest absolute Gasteiger partial charge is 0.229 e. The van der Waals surface area contributed by atoms with Crippen LogP contribution < -0.4 is 4.72 Å². The first-order valence-corrected chi connectivity index (χ1v) is 9.70. The Bertz CT molecular complexity index is 1020. The van der Waals surface area contributed by atoms with Crippen molar-refractivity contribution in [1.29, 1.82) is 0 Å². The van der Waals surface area contributed by atoms with Gasteiger partial charge in [-0.2, -0.15) is 0 Å². The molecule has 0 atom stereocenters. The van der Waals surface area contributed by atoms with Crippen LogP contribution in [0.1, 0.15) is 37.5 Å². The Balaban J connectivity index is 1.83. The summed E-state index contributed by atoms with van der Waals surface area (Å²) in [5.41, 5.74) is 4.15. The number of aliphatic imine (C=N–C) groups is 1. The number of anilines is 1. The number of benzene rings is 1. The van der Waals surface area contributed by atoms with Crippen LogP contribution in [0.5, 0.6) is 0 Å². The molecule has 0 radical (unpaired) electrons. The molecule has 0 bridgehead atoms. The van der Waals surface area contributed by atoms with Gasteiger partial charge in [-0.25, -0.2) is 18.4 Å². The molecule has 0 aliphatic carbocycles. The zero-order valence-corrected chi connectivity index (χ0v) is 15.4. The van der Waals surface area contributed by atoms with Crippen molar-refractivity contribution in [2.45, 2.75) is 26.2 Å². The summed E-state index contributed by atoms with van der Waals surface area (Å²) in [5, 5.41) is 0. The molecular formula is C19H19N3O2S. The molecule has 0 saturated heterocycles. The zero-order valence-electron chi connectivity index (χ0n) is 14.6. The molecule has 2 aromatic rings. The van der Waals surface area contributed by atoms with Gasteiger partial charge in [0.15, 0.2) is 5.82 Å². The third-order valence-electron chi connectivity index (χ3n) is 4.26. The molecule has 2 heterocycles. The van der Waals surface area contributed by atoms with E-state index in [1.165, 1.54) is 0 Å². The standard InChI is InChI=1S/C19H19N3O2S/c1-13-19(2,3)17-11-15(12-20-18(17)21-13)6-5-14-7-9-16(10-8-14)22-25(4,23)24/h7-12,22H,1-4H3. The van der Waals surface area contributed by atoms with Gasteiger partial charge in [-0.15, -0.1) is 0 Å². The second kappa shape index (κ2) is 6.01. The van der Waals surface area contributed by atoms with Crippen LogP contribution in [-0.2, 0) is 15.4 Å². The van der Waals surface area contributed by atoms with Crippen molar-refractivity contribution in [1.82, 2.24) is 4.98 Å². The lowest BCUT2D eigenvalue weighted by atomic mass is 9.82. The predicted molar refractivity (Wildman–Crippen MR) is 101 cm³/mol. The molecule has 1 N–H and O–H groups in total. The van der Waals surface area contributed by atoms with E-state index in [1.54, 1.807) is 30.5 Å². The average Bonchev–Trinajstić information content (AvgIpc) is 2.75. The molecule has 1 aliphatic heterocycles. The van der Waals surface area contributed by atoms with Gasteiger partial charge in [-0.1, -0.05) is 25.7 Å². The molecule has 0 unspecified atom stereocenters. The van der Waals surface area contributed by atoms with Crippen LogP contribution in [0.3, 0.4) is 0 Å². The van der Waals surface area contributed by atoms with E-state index in [0.717, 1.165) is 34.5 Å². The van der Waals surface area contributed by atoms with E-state index >= 15 is 0 Å². The van der Waals surface area contributed by atoms with Crippen LogP contribution in [0.4, 0.5) is 11.5 Å². The average molecular weight is 353 g/mol. The Kier molecular flexibility index (Phi) is 4.13. The molecule has 0 fully saturated rings. The van der Waals surface area contributed by atoms with Crippen LogP contribution in [0.25, 0.3) is 0 Å². The fourth-order valence-electron chi connectivity index (χ4n) is 2.55. The van der Waals surface area contributed by atoms with Crippen molar-refractivity contribution in [2.75, 3.05) is 11.0 Å². The number of hydrogen-bond acceptors (Lipinski definition) is 4. The summed E-state index contributed by atoms with van der Waals surface area (Å²) in [4.78, 5) is 8.91. The summed E-state index contributed by atoms with van der Waals surface area (Å²) in [7, 11) is -3.27. The third kappa shape index (κ3) is 3.72. The van der Waals surface area contributed by atoms with Crippen molar-refractivity contribution in [3.63, 3.8) is 0 Å². The normalized spacial score (nSPS) is 15.0. The van der Waals surface area contributed by atoms with Crippen LogP contribution in [0.15, 0.2) is 41.5 Å². The van der Waals surface area contributed by atoms with Gasteiger partial charge in [0, 0.05) is 39.7 Å². The predicted octanol–water partition coefficient (Wildman–Crippen LogP) is 3.24. The van der Waals surface area contributed by atoms with E-state index in [0.29, 0.717) is 5.69 Å². The van der Waals surface area contributed by atoms with Gasteiger partial charge in [0.05, 0.1) is 6.26 Å². The molecule has 0 saturated carbocycles. The molecule has 25 heavy (non-hydrogen) atoms. The number of nitrogens with zero attached hydrogens (tertiary/aromatic N) is 2. The molecule has 1 aromatic heterocycles. The van der Waals surface area contributed by atoms with Crippen LogP contribution in [0.2, 0.25) is 0 Å². The lowest BCUT2D eigenvalue weighted by Gasteiger charge is -2.19. The topological polar surface area (TPSA) is 71.4 Å². The minimum absolute atomic E-state index is 0.126. The number of hydrogen-bond donors (Lipinski definition) is 1. The molecule has 0 spiro atoms. The summed E-state index contributed by atoms with van der Waals surface area (Å²) in [6.45, 7) is 6.27. The van der Waals surface area contributed by atoms with Gasteiger partial charge in [-0.3, -0.25) is 4.72 Å². The fourth-order valence-corrected chi connectivity index (χ4v) is 3.11. The first kappa shape index (κ1) is 17.2. The SMILES string of the molecule is CC1=Nc2ncc(C#Cc3ccc(NS(C)(=O)=O)cc3)cc2C1(C)C. The second-order valence-electron chi connectivity index (χ2n) is 6.62. The number of pyridine rings is 1. The first-order chi connectivity index (χ1) is 11.6.